The number of sulfonamides is 1. The molecule has 1 aromatic carbocycles. The first-order valence-electron chi connectivity index (χ1n) is 9.69. The van der Waals surface area contributed by atoms with Crippen molar-refractivity contribution < 1.29 is 17.9 Å². The molecule has 2 aromatic rings. The van der Waals surface area contributed by atoms with Gasteiger partial charge in [0, 0.05) is 50.1 Å². The lowest BCUT2D eigenvalue weighted by molar-refractivity contribution is -0.123. The highest BCUT2D eigenvalue weighted by atomic mass is 35.5. The van der Waals surface area contributed by atoms with Crippen molar-refractivity contribution in [1.82, 2.24) is 19.6 Å². The number of carbonyl (C=O) groups is 1. The number of anilines is 1. The lowest BCUT2D eigenvalue weighted by Crippen LogP contribution is -2.50. The predicted molar refractivity (Wildman–Crippen MR) is 119 cm³/mol. The summed E-state index contributed by atoms with van der Waals surface area (Å²) in [6.07, 6.45) is 3.63. The number of rotatable bonds is 9. The van der Waals surface area contributed by atoms with E-state index < -0.39 is 10.0 Å². The molecule has 31 heavy (non-hydrogen) atoms. The van der Waals surface area contributed by atoms with Gasteiger partial charge < -0.3 is 15.0 Å². The second kappa shape index (κ2) is 10.9. The van der Waals surface area contributed by atoms with Gasteiger partial charge in [-0.05, 0) is 30.7 Å². The number of hydrogen-bond donors (Lipinski definition) is 1. The van der Waals surface area contributed by atoms with Crippen LogP contribution in [0.4, 0.5) is 5.95 Å². The van der Waals surface area contributed by atoms with Crippen molar-refractivity contribution >= 4 is 45.1 Å². The lowest BCUT2D eigenvalue weighted by atomic mass is 10.3. The first-order chi connectivity index (χ1) is 14.8. The third kappa shape index (κ3) is 6.93. The summed E-state index contributed by atoms with van der Waals surface area (Å²) in [6, 6.07) is 6.45. The van der Waals surface area contributed by atoms with Crippen LogP contribution in [0.15, 0.2) is 36.7 Å². The van der Waals surface area contributed by atoms with E-state index in [-0.39, 0.29) is 24.8 Å². The van der Waals surface area contributed by atoms with Crippen LogP contribution in [0.5, 0.6) is 5.75 Å². The molecule has 1 aromatic heterocycles. The van der Waals surface area contributed by atoms with Gasteiger partial charge in [0.1, 0.15) is 5.75 Å². The summed E-state index contributed by atoms with van der Waals surface area (Å²) in [5.74, 6) is 0.548. The maximum absolute atomic E-state index is 12.6. The Bertz CT molecular complexity index is 986. The van der Waals surface area contributed by atoms with E-state index in [1.165, 1.54) is 10.4 Å². The minimum Gasteiger partial charge on any atom is -0.482 e. The largest absolute Gasteiger partial charge is 0.482 e. The van der Waals surface area contributed by atoms with Crippen molar-refractivity contribution in [2.75, 3.05) is 50.0 Å². The molecular formula is C19H23Cl2N5O4S. The maximum Gasteiger partial charge on any atom is 0.257 e. The molecule has 0 bridgehead atoms. The number of halogens is 2. The van der Waals surface area contributed by atoms with Gasteiger partial charge in [-0.1, -0.05) is 23.2 Å². The number of amides is 1. The zero-order chi connectivity index (χ0) is 22.3. The van der Waals surface area contributed by atoms with Crippen LogP contribution in [0, 0.1) is 0 Å². The highest BCUT2D eigenvalue weighted by Gasteiger charge is 2.27. The molecule has 1 aliphatic rings. The van der Waals surface area contributed by atoms with Crippen molar-refractivity contribution in [2.45, 2.75) is 6.42 Å². The molecule has 1 saturated heterocycles. The number of carbonyl (C=O) groups excluding carboxylic acids is 1. The molecule has 1 amide bonds. The van der Waals surface area contributed by atoms with Gasteiger partial charge in [0.25, 0.3) is 5.91 Å². The van der Waals surface area contributed by atoms with Crippen molar-refractivity contribution in [3.8, 4) is 5.75 Å². The number of hydrogen-bond acceptors (Lipinski definition) is 7. The molecule has 12 heteroatoms. The van der Waals surface area contributed by atoms with E-state index >= 15 is 0 Å². The van der Waals surface area contributed by atoms with Crippen molar-refractivity contribution in [3.05, 3.63) is 46.7 Å². The van der Waals surface area contributed by atoms with Crippen LogP contribution in [-0.2, 0) is 14.8 Å². The number of benzene rings is 1. The Morgan fingerprint density at radius 1 is 1.13 bits per heavy atom. The Kier molecular flexibility index (Phi) is 8.30. The molecule has 2 heterocycles. The normalized spacial score (nSPS) is 15.0. The highest BCUT2D eigenvalue weighted by Crippen LogP contribution is 2.27. The number of piperazine rings is 1. The van der Waals surface area contributed by atoms with E-state index in [0.717, 1.165) is 0 Å². The third-order valence-corrected chi connectivity index (χ3v) is 7.11. The highest BCUT2D eigenvalue weighted by molar-refractivity contribution is 7.89. The fraction of sp³-hybridized carbons (Fsp3) is 0.421. The number of nitrogens with zero attached hydrogens (tertiary/aromatic N) is 4. The van der Waals surface area contributed by atoms with Gasteiger partial charge in [-0.3, -0.25) is 4.79 Å². The number of aromatic nitrogens is 2. The molecule has 0 aliphatic carbocycles. The average Bonchev–Trinajstić information content (AvgIpc) is 2.77. The van der Waals surface area contributed by atoms with Crippen LogP contribution in [0.2, 0.25) is 10.0 Å². The lowest BCUT2D eigenvalue weighted by Gasteiger charge is -2.33. The average molecular weight is 488 g/mol. The SMILES string of the molecule is O=C(COc1ccc(Cl)cc1Cl)NCCCS(=O)(=O)N1CCN(c2ncccn2)CC1. The Hall–Kier alpha value is -2.14. The fourth-order valence-corrected chi connectivity index (χ4v) is 4.97. The van der Waals surface area contributed by atoms with Crippen molar-refractivity contribution in [1.29, 1.82) is 0 Å². The second-order valence-electron chi connectivity index (χ2n) is 6.82. The van der Waals surface area contributed by atoms with Gasteiger partial charge in [-0.25, -0.2) is 18.4 Å². The fourth-order valence-electron chi connectivity index (χ4n) is 3.02. The molecule has 9 nitrogen and oxygen atoms in total. The van der Waals surface area contributed by atoms with E-state index in [2.05, 4.69) is 15.3 Å². The van der Waals surface area contributed by atoms with E-state index in [1.807, 2.05) is 4.90 Å². The molecule has 0 unspecified atom stereocenters. The first-order valence-corrected chi connectivity index (χ1v) is 12.1. The summed E-state index contributed by atoms with van der Waals surface area (Å²) < 4.78 is 31.9. The molecule has 1 fully saturated rings. The molecule has 3 rings (SSSR count). The third-order valence-electron chi connectivity index (χ3n) is 4.62. The quantitative estimate of drug-likeness (QED) is 0.537. The van der Waals surface area contributed by atoms with Gasteiger partial charge in [-0.15, -0.1) is 0 Å². The van der Waals surface area contributed by atoms with Crippen LogP contribution >= 0.6 is 23.2 Å². The van der Waals surface area contributed by atoms with Gasteiger partial charge >= 0.3 is 0 Å². The molecule has 1 aliphatic heterocycles. The summed E-state index contributed by atoms with van der Waals surface area (Å²) >= 11 is 11.8. The van der Waals surface area contributed by atoms with Crippen LogP contribution in [0.1, 0.15) is 6.42 Å². The summed E-state index contributed by atoms with van der Waals surface area (Å²) in [4.78, 5) is 22.3. The van der Waals surface area contributed by atoms with Crippen LogP contribution in [-0.4, -0.2) is 73.7 Å². The standard InChI is InChI=1S/C19H23Cl2N5O4S/c20-15-3-4-17(16(21)13-15)30-14-18(27)22-7-2-12-31(28,29)26-10-8-25(9-11-26)19-23-5-1-6-24-19/h1,3-6,13H,2,7-12,14H2,(H,22,27). The Balaban J connectivity index is 1.35. The predicted octanol–water partition coefficient (Wildman–Crippen LogP) is 1.82. The van der Waals surface area contributed by atoms with Crippen molar-refractivity contribution in [2.24, 2.45) is 0 Å². The zero-order valence-electron chi connectivity index (χ0n) is 16.7. The summed E-state index contributed by atoms with van der Waals surface area (Å²) in [6.45, 7) is 1.83. The van der Waals surface area contributed by atoms with Crippen molar-refractivity contribution in [3.63, 3.8) is 0 Å². The van der Waals surface area contributed by atoms with Gasteiger partial charge in [0.05, 0.1) is 10.8 Å². The Morgan fingerprint density at radius 2 is 1.84 bits per heavy atom. The van der Waals surface area contributed by atoms with E-state index in [1.54, 1.807) is 30.6 Å². The molecule has 0 radical (unpaired) electrons. The molecule has 168 valence electrons. The van der Waals surface area contributed by atoms with Crippen LogP contribution in [0.3, 0.4) is 0 Å². The molecule has 1 N–H and O–H groups in total. The number of nitrogens with one attached hydrogen (secondary N) is 1. The zero-order valence-corrected chi connectivity index (χ0v) is 19.0. The van der Waals surface area contributed by atoms with E-state index in [4.69, 9.17) is 27.9 Å². The Labute approximate surface area is 191 Å². The van der Waals surface area contributed by atoms with Crippen LogP contribution in [0.25, 0.3) is 0 Å². The second-order valence-corrected chi connectivity index (χ2v) is 9.75. The first kappa shape index (κ1) is 23.5. The van der Waals surface area contributed by atoms with Gasteiger partial charge in [-0.2, -0.15) is 4.31 Å². The van der Waals surface area contributed by atoms with E-state index in [9.17, 15) is 13.2 Å². The summed E-state index contributed by atoms with van der Waals surface area (Å²) in [7, 11) is -3.40. The maximum atomic E-state index is 12.6. The summed E-state index contributed by atoms with van der Waals surface area (Å²) in [5, 5.41) is 3.43. The monoisotopic (exact) mass is 487 g/mol. The van der Waals surface area contributed by atoms with Gasteiger partial charge in [0.2, 0.25) is 16.0 Å². The van der Waals surface area contributed by atoms with Gasteiger partial charge in [0.15, 0.2) is 6.61 Å². The topological polar surface area (TPSA) is 105 Å². The number of ether oxygens (including phenoxy) is 1. The molecular weight excluding hydrogens is 465 g/mol. The minimum absolute atomic E-state index is 0.0427. The van der Waals surface area contributed by atoms with Crippen LogP contribution < -0.4 is 15.0 Å². The molecule has 0 spiro atoms. The summed E-state index contributed by atoms with van der Waals surface area (Å²) in [5.41, 5.74) is 0. The minimum atomic E-state index is -3.40. The smallest absolute Gasteiger partial charge is 0.257 e. The Morgan fingerprint density at radius 3 is 2.52 bits per heavy atom. The van der Waals surface area contributed by atoms with E-state index in [0.29, 0.717) is 54.3 Å². The molecule has 0 saturated carbocycles. The molecule has 0 atom stereocenters.